The molecular formula is C24H29BrF2N6OS. The number of hydrogen-bond donors (Lipinski definition) is 1. The molecular weight excluding hydrogens is 538 g/mol. The second-order valence-electron chi connectivity index (χ2n) is 10.5. The number of alkyl halides is 2. The van der Waals surface area contributed by atoms with E-state index in [2.05, 4.69) is 35.6 Å². The highest BCUT2D eigenvalue weighted by Gasteiger charge is 2.50. The molecule has 11 heteroatoms. The molecule has 0 saturated carbocycles. The molecule has 4 heterocycles. The molecule has 2 aliphatic rings. The number of nitrogens with one attached hydrogen (secondary N) is 1. The highest BCUT2D eigenvalue weighted by molar-refractivity contribution is 9.10. The molecule has 188 valence electrons. The summed E-state index contributed by atoms with van der Waals surface area (Å²) in [7, 11) is -1.31. The Kier molecular flexibility index (Phi) is 6.24. The normalized spacial score (nSPS) is 20.7. The van der Waals surface area contributed by atoms with Gasteiger partial charge in [0.15, 0.2) is 5.82 Å². The third-order valence-electron chi connectivity index (χ3n) is 7.17. The molecule has 0 radical (unpaired) electrons. The van der Waals surface area contributed by atoms with Crippen LogP contribution in [0.15, 0.2) is 29.0 Å². The monoisotopic (exact) mass is 566 g/mol. The summed E-state index contributed by atoms with van der Waals surface area (Å²) in [5.74, 6) is 0.884. The van der Waals surface area contributed by atoms with Crippen LogP contribution >= 0.6 is 15.9 Å². The predicted molar refractivity (Wildman–Crippen MR) is 136 cm³/mol. The zero-order chi connectivity index (χ0) is 25.1. The third-order valence-corrected chi connectivity index (χ3v) is 9.64. The molecule has 1 aliphatic heterocycles. The van der Waals surface area contributed by atoms with Crippen molar-refractivity contribution in [1.29, 1.82) is 0 Å². The first-order chi connectivity index (χ1) is 16.5. The van der Waals surface area contributed by atoms with Crippen LogP contribution < -0.4 is 9.62 Å². The van der Waals surface area contributed by atoms with Gasteiger partial charge in [-0.25, -0.2) is 27.2 Å². The van der Waals surface area contributed by atoms with Gasteiger partial charge in [-0.05, 0) is 86.0 Å². The van der Waals surface area contributed by atoms with Crippen molar-refractivity contribution in [1.82, 2.24) is 24.3 Å². The van der Waals surface area contributed by atoms with Gasteiger partial charge in [0.25, 0.3) is 6.43 Å². The van der Waals surface area contributed by atoms with Gasteiger partial charge in [0.1, 0.15) is 15.8 Å². The van der Waals surface area contributed by atoms with Gasteiger partial charge >= 0.3 is 0 Å². The van der Waals surface area contributed by atoms with E-state index in [9.17, 15) is 13.0 Å². The lowest BCUT2D eigenvalue weighted by Gasteiger charge is -2.44. The Morgan fingerprint density at radius 3 is 2.57 bits per heavy atom. The van der Waals surface area contributed by atoms with Crippen molar-refractivity contribution in [2.75, 3.05) is 18.0 Å². The van der Waals surface area contributed by atoms with Crippen molar-refractivity contribution in [3.8, 4) is 0 Å². The van der Waals surface area contributed by atoms with Crippen LogP contribution in [0.25, 0.3) is 5.52 Å². The maximum atomic E-state index is 13.4. The molecule has 2 atom stereocenters. The molecule has 1 fully saturated rings. The quantitative estimate of drug-likeness (QED) is 0.477. The average Bonchev–Trinajstić information content (AvgIpc) is 3.40. The van der Waals surface area contributed by atoms with Crippen molar-refractivity contribution >= 4 is 38.3 Å². The fourth-order valence-electron chi connectivity index (χ4n) is 5.20. The highest BCUT2D eigenvalue weighted by atomic mass is 79.9. The van der Waals surface area contributed by atoms with Crippen molar-refractivity contribution in [3.63, 3.8) is 0 Å². The Morgan fingerprint density at radius 1 is 1.20 bits per heavy atom. The topological polar surface area (TPSA) is 75.4 Å². The lowest BCUT2D eigenvalue weighted by molar-refractivity contribution is 0.145. The largest absolute Gasteiger partial charge is 0.355 e. The Morgan fingerprint density at radius 2 is 1.91 bits per heavy atom. The van der Waals surface area contributed by atoms with Crippen LogP contribution in [0.3, 0.4) is 0 Å². The summed E-state index contributed by atoms with van der Waals surface area (Å²) in [6.45, 7) is 9.21. The molecule has 7 nitrogen and oxygen atoms in total. The summed E-state index contributed by atoms with van der Waals surface area (Å²) in [5.41, 5.74) is 2.90. The minimum Gasteiger partial charge on any atom is -0.355 e. The van der Waals surface area contributed by atoms with E-state index in [0.29, 0.717) is 12.1 Å². The van der Waals surface area contributed by atoms with Crippen LogP contribution in [-0.2, 0) is 17.4 Å². The van der Waals surface area contributed by atoms with Gasteiger partial charge in [0.05, 0.1) is 33.7 Å². The van der Waals surface area contributed by atoms with Crippen molar-refractivity contribution in [2.45, 2.75) is 64.2 Å². The Hall–Kier alpha value is -1.98. The minimum absolute atomic E-state index is 0.202. The maximum Gasteiger partial charge on any atom is 0.280 e. The summed E-state index contributed by atoms with van der Waals surface area (Å²) in [6.07, 6.45) is 1.33. The smallest absolute Gasteiger partial charge is 0.280 e. The Labute approximate surface area is 214 Å². The number of hydrogen-bond acceptors (Lipinski definition) is 5. The number of aromatic nitrogens is 4. The maximum absolute atomic E-state index is 13.4. The number of anilines is 1. The van der Waals surface area contributed by atoms with Crippen LogP contribution in [-0.4, -0.2) is 41.6 Å². The molecule has 1 N–H and O–H groups in total. The van der Waals surface area contributed by atoms with E-state index in [1.165, 1.54) is 6.07 Å². The van der Waals surface area contributed by atoms with Crippen LogP contribution in [0.2, 0.25) is 0 Å². The van der Waals surface area contributed by atoms with E-state index in [4.69, 9.17) is 4.98 Å². The van der Waals surface area contributed by atoms with Gasteiger partial charge in [-0.15, -0.1) is 0 Å². The molecule has 0 amide bonds. The van der Waals surface area contributed by atoms with Gasteiger partial charge < -0.3 is 4.90 Å². The first-order valence-electron chi connectivity index (χ1n) is 11.7. The second kappa shape index (κ2) is 8.85. The number of nitrogens with zero attached hydrogens (tertiary/aromatic N) is 5. The second-order valence-corrected chi connectivity index (χ2v) is 13.2. The number of piperidine rings is 1. The molecule has 0 aromatic carbocycles. The van der Waals surface area contributed by atoms with Gasteiger partial charge in [-0.1, -0.05) is 6.07 Å². The van der Waals surface area contributed by atoms with Crippen molar-refractivity contribution in [2.24, 2.45) is 5.41 Å². The minimum atomic E-state index is -2.61. The van der Waals surface area contributed by atoms with E-state index in [1.54, 1.807) is 12.3 Å². The van der Waals surface area contributed by atoms with E-state index in [1.807, 2.05) is 38.3 Å². The van der Waals surface area contributed by atoms with Crippen LogP contribution in [0, 0.1) is 12.3 Å². The summed E-state index contributed by atoms with van der Waals surface area (Å²) in [4.78, 5) is 11.4. The number of aryl methyl sites for hydroxylation is 1. The molecule has 3 aromatic heterocycles. The Balaban J connectivity index is 1.47. The fourth-order valence-corrected chi connectivity index (χ4v) is 6.52. The zero-order valence-electron chi connectivity index (χ0n) is 20.2. The average molecular weight is 568 g/mol. The van der Waals surface area contributed by atoms with E-state index < -0.39 is 22.2 Å². The van der Waals surface area contributed by atoms with Crippen LogP contribution in [0.5, 0.6) is 0 Å². The SMILES string of the molecule is Cc1nc(N2CCC3(CC2)Cc2nc(C(F)F)ccc2[C@H]3NS(=O)C(C)(C)C)c2ccnn2c1Br. The van der Waals surface area contributed by atoms with E-state index >= 15 is 0 Å². The molecule has 1 unspecified atom stereocenters. The molecule has 1 saturated heterocycles. The molecule has 1 aliphatic carbocycles. The van der Waals surface area contributed by atoms with E-state index in [-0.39, 0.29) is 17.2 Å². The van der Waals surface area contributed by atoms with Crippen LogP contribution in [0.1, 0.15) is 68.7 Å². The summed E-state index contributed by atoms with van der Waals surface area (Å²) in [6, 6.07) is 4.89. The molecule has 1 spiro atoms. The highest BCUT2D eigenvalue weighted by Crippen LogP contribution is 2.52. The standard InChI is InChI=1S/C24H29BrF2N6OS/c1-14-20(25)33-18(7-10-28-33)22(29-14)32-11-8-24(9-12-32)13-17-15(5-6-16(30-17)21(26)27)19(24)31-35(34)23(2,3)4/h5-7,10,19,21,31H,8-9,11-13H2,1-4H3/t19-,35?/m1/s1. The summed E-state index contributed by atoms with van der Waals surface area (Å²) >= 11 is 3.57. The first-order valence-corrected chi connectivity index (χ1v) is 13.7. The summed E-state index contributed by atoms with van der Waals surface area (Å²) in [5, 5.41) is 4.41. The van der Waals surface area contributed by atoms with Crippen LogP contribution in [0.4, 0.5) is 14.6 Å². The number of halogens is 3. The van der Waals surface area contributed by atoms with Gasteiger partial charge in [0.2, 0.25) is 0 Å². The lowest BCUT2D eigenvalue weighted by Crippen LogP contribution is -2.48. The number of rotatable bonds is 4. The predicted octanol–water partition coefficient (Wildman–Crippen LogP) is 5.07. The lowest BCUT2D eigenvalue weighted by atomic mass is 9.73. The van der Waals surface area contributed by atoms with Crippen molar-refractivity contribution < 1.29 is 13.0 Å². The number of fused-ring (bicyclic) bond motifs is 2. The zero-order valence-corrected chi connectivity index (χ0v) is 22.6. The summed E-state index contributed by atoms with van der Waals surface area (Å²) < 4.78 is 45.5. The molecule has 3 aromatic rings. The number of pyridine rings is 1. The Bertz CT molecular complexity index is 1300. The third kappa shape index (κ3) is 4.29. The van der Waals surface area contributed by atoms with Gasteiger partial charge in [-0.3, -0.25) is 4.98 Å². The van der Waals surface area contributed by atoms with Gasteiger partial charge in [-0.2, -0.15) is 5.10 Å². The first kappa shape index (κ1) is 24.7. The van der Waals surface area contributed by atoms with Crippen molar-refractivity contribution in [3.05, 3.63) is 51.6 Å². The fraction of sp³-hybridized carbons (Fsp3) is 0.542. The van der Waals surface area contributed by atoms with Gasteiger partial charge in [0, 0.05) is 18.8 Å². The molecule has 35 heavy (non-hydrogen) atoms. The van der Waals surface area contributed by atoms with E-state index in [0.717, 1.165) is 53.1 Å². The molecule has 0 bridgehead atoms. The molecule has 5 rings (SSSR count).